The van der Waals surface area contributed by atoms with Gasteiger partial charge >= 0.3 is 6.18 Å². The predicted octanol–water partition coefficient (Wildman–Crippen LogP) is 3.75. The molecule has 0 saturated carbocycles. The number of hydrogen-bond acceptors (Lipinski definition) is 3. The third-order valence-corrected chi connectivity index (χ3v) is 4.04. The Morgan fingerprint density at radius 3 is 2.26 bits per heavy atom. The van der Waals surface area contributed by atoms with Crippen molar-refractivity contribution < 1.29 is 17.9 Å². The Balaban J connectivity index is 0.00000264. The Hall–Kier alpha value is -0.980. The first-order chi connectivity index (χ1) is 10.3. The molecule has 0 aromatic heterocycles. The minimum absolute atomic E-state index is 0. The second-order valence-corrected chi connectivity index (χ2v) is 5.89. The molecule has 0 bridgehead atoms. The van der Waals surface area contributed by atoms with Crippen LogP contribution in [-0.2, 0) is 0 Å². The summed E-state index contributed by atoms with van der Waals surface area (Å²) in [6.07, 6.45) is -4.33. The topological polar surface area (TPSA) is 24.5 Å². The number of piperazine rings is 1. The maximum absolute atomic E-state index is 13.7. The molecule has 1 aliphatic heterocycles. The van der Waals surface area contributed by atoms with Crippen LogP contribution < -0.4 is 10.1 Å². The number of benzene rings is 1. The molecule has 3 nitrogen and oxygen atoms in total. The van der Waals surface area contributed by atoms with Crippen molar-refractivity contribution >= 4 is 12.4 Å². The van der Waals surface area contributed by atoms with Gasteiger partial charge < -0.3 is 10.1 Å². The van der Waals surface area contributed by atoms with Crippen LogP contribution in [0.2, 0.25) is 0 Å². The third kappa shape index (κ3) is 4.75. The average molecular weight is 353 g/mol. The standard InChI is InChI=1S/C16H23F3N2O.ClH/c1-11(2)12-4-5-14(22-3)13(10-12)15(16(17,18)19)21-8-6-20-7-9-21;/h4-5,10-11,15,20H,6-9H2,1-3H3;1H/t15-;/m0./s1. The number of hydrogen-bond donors (Lipinski definition) is 1. The highest BCUT2D eigenvalue weighted by molar-refractivity contribution is 5.85. The Labute approximate surface area is 141 Å². The molecular formula is C16H24ClF3N2O. The first-order valence-corrected chi connectivity index (χ1v) is 7.54. The second kappa shape index (κ2) is 8.22. The fourth-order valence-corrected chi connectivity index (χ4v) is 2.85. The maximum atomic E-state index is 13.7. The van der Waals surface area contributed by atoms with Crippen molar-refractivity contribution in [2.45, 2.75) is 32.0 Å². The van der Waals surface area contributed by atoms with Crippen molar-refractivity contribution in [2.24, 2.45) is 0 Å². The lowest BCUT2D eigenvalue weighted by Gasteiger charge is -2.37. The highest BCUT2D eigenvalue weighted by atomic mass is 35.5. The lowest BCUT2D eigenvalue weighted by atomic mass is 9.95. The summed E-state index contributed by atoms with van der Waals surface area (Å²) in [6.45, 7) is 5.83. The number of nitrogens with zero attached hydrogens (tertiary/aromatic N) is 1. The minimum atomic E-state index is -4.33. The monoisotopic (exact) mass is 352 g/mol. The molecule has 0 radical (unpaired) electrons. The fraction of sp³-hybridized carbons (Fsp3) is 0.625. The van der Waals surface area contributed by atoms with Gasteiger partial charge in [0.25, 0.3) is 0 Å². The highest BCUT2D eigenvalue weighted by Gasteiger charge is 2.46. The number of ether oxygens (including phenoxy) is 1. The first-order valence-electron chi connectivity index (χ1n) is 7.54. The van der Waals surface area contributed by atoms with E-state index in [1.54, 1.807) is 12.1 Å². The SMILES string of the molecule is COc1ccc(C(C)C)cc1[C@H](N1CCNCC1)C(F)(F)F.Cl. The molecule has 0 unspecified atom stereocenters. The molecule has 1 heterocycles. The summed E-state index contributed by atoms with van der Waals surface area (Å²) in [5.74, 6) is 0.465. The maximum Gasteiger partial charge on any atom is 0.408 e. The lowest BCUT2D eigenvalue weighted by molar-refractivity contribution is -0.188. The molecule has 0 spiro atoms. The highest BCUT2D eigenvalue weighted by Crippen LogP contribution is 2.42. The van der Waals surface area contributed by atoms with Crippen molar-refractivity contribution in [3.8, 4) is 5.75 Å². The van der Waals surface area contributed by atoms with E-state index in [4.69, 9.17) is 4.74 Å². The quantitative estimate of drug-likeness (QED) is 0.893. The molecule has 1 aromatic rings. The van der Waals surface area contributed by atoms with E-state index in [1.165, 1.54) is 12.0 Å². The summed E-state index contributed by atoms with van der Waals surface area (Å²) in [6, 6.07) is 3.50. The normalized spacial score (nSPS) is 17.7. The van der Waals surface area contributed by atoms with E-state index in [2.05, 4.69) is 5.32 Å². The summed E-state index contributed by atoms with van der Waals surface area (Å²) in [5.41, 5.74) is 1.10. The Morgan fingerprint density at radius 1 is 1.17 bits per heavy atom. The van der Waals surface area contributed by atoms with Crippen LogP contribution in [0.4, 0.5) is 13.2 Å². The van der Waals surface area contributed by atoms with E-state index in [0.717, 1.165) is 5.56 Å². The zero-order valence-corrected chi connectivity index (χ0v) is 14.4. The molecule has 1 saturated heterocycles. The van der Waals surface area contributed by atoms with Gasteiger partial charge in [0.1, 0.15) is 11.8 Å². The fourth-order valence-electron chi connectivity index (χ4n) is 2.85. The lowest BCUT2D eigenvalue weighted by Crippen LogP contribution is -2.49. The number of alkyl halides is 3. The second-order valence-electron chi connectivity index (χ2n) is 5.89. The van der Waals surface area contributed by atoms with Gasteiger partial charge in [-0.05, 0) is 23.6 Å². The zero-order chi connectivity index (χ0) is 16.3. The minimum Gasteiger partial charge on any atom is -0.496 e. The Morgan fingerprint density at radius 2 is 1.78 bits per heavy atom. The number of nitrogens with one attached hydrogen (secondary N) is 1. The van der Waals surface area contributed by atoms with Crippen LogP contribution in [-0.4, -0.2) is 44.4 Å². The van der Waals surface area contributed by atoms with Crippen LogP contribution in [0.1, 0.15) is 36.9 Å². The van der Waals surface area contributed by atoms with Crippen molar-refractivity contribution in [1.82, 2.24) is 10.2 Å². The van der Waals surface area contributed by atoms with Gasteiger partial charge in [-0.3, -0.25) is 4.90 Å². The van der Waals surface area contributed by atoms with E-state index < -0.39 is 12.2 Å². The average Bonchev–Trinajstić information content (AvgIpc) is 2.47. The third-order valence-electron chi connectivity index (χ3n) is 4.04. The summed E-state index contributed by atoms with van der Waals surface area (Å²) in [7, 11) is 1.42. The van der Waals surface area contributed by atoms with E-state index in [-0.39, 0.29) is 23.9 Å². The van der Waals surface area contributed by atoms with Crippen LogP contribution in [0.25, 0.3) is 0 Å². The van der Waals surface area contributed by atoms with Crippen LogP contribution in [0.3, 0.4) is 0 Å². The number of methoxy groups -OCH3 is 1. The van der Waals surface area contributed by atoms with Crippen molar-refractivity contribution in [2.75, 3.05) is 33.3 Å². The van der Waals surface area contributed by atoms with Crippen LogP contribution in [0, 0.1) is 0 Å². The van der Waals surface area contributed by atoms with Crippen molar-refractivity contribution in [3.05, 3.63) is 29.3 Å². The molecule has 23 heavy (non-hydrogen) atoms. The smallest absolute Gasteiger partial charge is 0.408 e. The number of halogens is 4. The summed E-state index contributed by atoms with van der Waals surface area (Å²) in [4.78, 5) is 1.48. The van der Waals surface area contributed by atoms with Gasteiger partial charge in [0, 0.05) is 31.7 Å². The molecule has 0 aliphatic carbocycles. The first kappa shape index (κ1) is 20.1. The Kier molecular flexibility index (Phi) is 7.17. The zero-order valence-electron chi connectivity index (χ0n) is 13.6. The molecule has 1 aromatic carbocycles. The van der Waals surface area contributed by atoms with E-state index in [9.17, 15) is 13.2 Å². The van der Waals surface area contributed by atoms with Gasteiger partial charge in [0.15, 0.2) is 0 Å². The van der Waals surface area contributed by atoms with Gasteiger partial charge in [0.2, 0.25) is 0 Å². The van der Waals surface area contributed by atoms with Crippen LogP contribution >= 0.6 is 12.4 Å². The van der Waals surface area contributed by atoms with Gasteiger partial charge in [-0.15, -0.1) is 12.4 Å². The molecule has 1 atom stereocenters. The van der Waals surface area contributed by atoms with E-state index in [0.29, 0.717) is 31.9 Å². The number of rotatable bonds is 4. The van der Waals surface area contributed by atoms with Gasteiger partial charge in [-0.1, -0.05) is 19.9 Å². The molecule has 132 valence electrons. The largest absolute Gasteiger partial charge is 0.496 e. The van der Waals surface area contributed by atoms with Crippen LogP contribution in [0.15, 0.2) is 18.2 Å². The summed E-state index contributed by atoms with van der Waals surface area (Å²) >= 11 is 0. The predicted molar refractivity (Wildman–Crippen MR) is 87.6 cm³/mol. The van der Waals surface area contributed by atoms with Gasteiger partial charge in [0.05, 0.1) is 7.11 Å². The van der Waals surface area contributed by atoms with Crippen LogP contribution in [0.5, 0.6) is 5.75 Å². The molecule has 1 aliphatic rings. The summed E-state index contributed by atoms with van der Waals surface area (Å²) in [5, 5.41) is 3.09. The summed E-state index contributed by atoms with van der Waals surface area (Å²) < 4.78 is 46.4. The molecule has 7 heteroatoms. The molecule has 2 rings (SSSR count). The molecule has 1 fully saturated rings. The van der Waals surface area contributed by atoms with Gasteiger partial charge in [-0.2, -0.15) is 13.2 Å². The van der Waals surface area contributed by atoms with Crippen molar-refractivity contribution in [1.29, 1.82) is 0 Å². The molecule has 0 amide bonds. The molecule has 1 N–H and O–H groups in total. The Bertz CT molecular complexity index is 503. The van der Waals surface area contributed by atoms with E-state index >= 15 is 0 Å². The molecular weight excluding hydrogens is 329 g/mol. The van der Waals surface area contributed by atoms with Gasteiger partial charge in [-0.25, -0.2) is 0 Å². The van der Waals surface area contributed by atoms with Crippen molar-refractivity contribution in [3.63, 3.8) is 0 Å². The van der Waals surface area contributed by atoms with E-state index in [1.807, 2.05) is 19.9 Å².